The molecule has 0 unspecified atom stereocenters. The Balaban J connectivity index is 2.02. The zero-order valence-corrected chi connectivity index (χ0v) is 16.5. The lowest BCUT2D eigenvalue weighted by Crippen LogP contribution is -2.36. The molecule has 0 saturated carbocycles. The molecule has 0 spiro atoms. The first-order valence-electron chi connectivity index (χ1n) is 8.25. The Morgan fingerprint density at radius 3 is 2.79 bits per heavy atom. The summed E-state index contributed by atoms with van der Waals surface area (Å²) in [5.74, 6) is 0.832. The fraction of sp³-hybridized carbons (Fsp3) is 0.444. The van der Waals surface area contributed by atoms with Gasteiger partial charge in [-0.1, -0.05) is 19.1 Å². The van der Waals surface area contributed by atoms with Crippen LogP contribution in [0.3, 0.4) is 0 Å². The molecule has 130 valence electrons. The molecule has 0 bridgehead atoms. The van der Waals surface area contributed by atoms with Gasteiger partial charge in [0.1, 0.15) is 5.01 Å². The number of rotatable bonds is 7. The summed E-state index contributed by atoms with van der Waals surface area (Å²) in [6.45, 7) is 8.57. The second-order valence-corrected chi connectivity index (χ2v) is 7.49. The van der Waals surface area contributed by atoms with Gasteiger partial charge < -0.3 is 10.6 Å². The van der Waals surface area contributed by atoms with Crippen molar-refractivity contribution in [3.05, 3.63) is 45.4 Å². The number of guanidine groups is 1. The molecule has 0 aliphatic rings. The molecule has 1 heterocycles. The maximum Gasteiger partial charge on any atom is 0.191 e. The smallest absolute Gasteiger partial charge is 0.191 e. The van der Waals surface area contributed by atoms with Crippen LogP contribution in [-0.2, 0) is 19.5 Å². The van der Waals surface area contributed by atoms with Crippen LogP contribution in [0.2, 0.25) is 0 Å². The van der Waals surface area contributed by atoms with E-state index in [2.05, 4.69) is 60.8 Å². The predicted molar refractivity (Wildman–Crippen MR) is 106 cm³/mol. The summed E-state index contributed by atoms with van der Waals surface area (Å²) >= 11 is 3.53. The summed E-state index contributed by atoms with van der Waals surface area (Å²) in [4.78, 5) is 11.8. The van der Waals surface area contributed by atoms with E-state index >= 15 is 0 Å². The zero-order valence-electron chi connectivity index (χ0n) is 14.8. The van der Waals surface area contributed by atoms with E-state index in [1.54, 1.807) is 23.1 Å². The monoisotopic (exact) mass is 362 g/mol. The van der Waals surface area contributed by atoms with Crippen molar-refractivity contribution in [3.8, 4) is 0 Å². The van der Waals surface area contributed by atoms with Gasteiger partial charge in [-0.3, -0.25) is 0 Å². The number of thioether (sulfide) groups is 1. The average Bonchev–Trinajstić information content (AvgIpc) is 3.06. The Bertz CT molecular complexity index is 679. The SMILES string of the molecule is CCNC(=NCc1ccc(C)cc1SC)NCc1ncc(CC)s1. The van der Waals surface area contributed by atoms with Gasteiger partial charge in [0, 0.05) is 22.5 Å². The van der Waals surface area contributed by atoms with Crippen LogP contribution < -0.4 is 10.6 Å². The second kappa shape index (κ2) is 9.69. The highest BCUT2D eigenvalue weighted by atomic mass is 32.2. The number of aryl methyl sites for hydroxylation is 2. The van der Waals surface area contributed by atoms with Crippen molar-refractivity contribution in [1.82, 2.24) is 15.6 Å². The van der Waals surface area contributed by atoms with E-state index in [0.717, 1.165) is 23.9 Å². The molecule has 4 nitrogen and oxygen atoms in total. The average molecular weight is 363 g/mol. The van der Waals surface area contributed by atoms with E-state index in [4.69, 9.17) is 4.99 Å². The molecule has 0 saturated heterocycles. The summed E-state index contributed by atoms with van der Waals surface area (Å²) in [5, 5.41) is 7.77. The Kier molecular flexibility index (Phi) is 7.59. The summed E-state index contributed by atoms with van der Waals surface area (Å²) < 4.78 is 0. The van der Waals surface area contributed by atoms with Crippen LogP contribution in [0.15, 0.2) is 34.3 Å². The zero-order chi connectivity index (χ0) is 17.4. The maximum absolute atomic E-state index is 4.72. The normalized spacial score (nSPS) is 11.6. The number of benzene rings is 1. The van der Waals surface area contributed by atoms with E-state index in [0.29, 0.717) is 13.1 Å². The van der Waals surface area contributed by atoms with Crippen molar-refractivity contribution in [2.75, 3.05) is 12.8 Å². The second-order valence-electron chi connectivity index (χ2n) is 5.44. The van der Waals surface area contributed by atoms with Gasteiger partial charge in [-0.25, -0.2) is 9.98 Å². The minimum Gasteiger partial charge on any atom is -0.357 e. The Morgan fingerprint density at radius 2 is 2.12 bits per heavy atom. The molecule has 2 N–H and O–H groups in total. The molecule has 2 aromatic rings. The van der Waals surface area contributed by atoms with Crippen LogP contribution in [0.1, 0.15) is 34.9 Å². The molecule has 1 aromatic carbocycles. The van der Waals surface area contributed by atoms with Gasteiger partial charge in [-0.15, -0.1) is 23.1 Å². The quantitative estimate of drug-likeness (QED) is 0.444. The molecular formula is C18H26N4S2. The largest absolute Gasteiger partial charge is 0.357 e. The molecule has 2 rings (SSSR count). The summed E-state index contributed by atoms with van der Waals surface area (Å²) in [5.41, 5.74) is 2.54. The highest BCUT2D eigenvalue weighted by molar-refractivity contribution is 7.98. The highest BCUT2D eigenvalue weighted by Gasteiger charge is 2.05. The first kappa shape index (κ1) is 18.8. The lowest BCUT2D eigenvalue weighted by atomic mass is 10.1. The van der Waals surface area contributed by atoms with Gasteiger partial charge in [-0.2, -0.15) is 0 Å². The first-order chi connectivity index (χ1) is 11.7. The van der Waals surface area contributed by atoms with Crippen LogP contribution in [0.4, 0.5) is 0 Å². The van der Waals surface area contributed by atoms with E-state index in [1.807, 2.05) is 6.20 Å². The van der Waals surface area contributed by atoms with E-state index in [-0.39, 0.29) is 0 Å². The number of hydrogen-bond donors (Lipinski definition) is 2. The molecule has 0 aliphatic heterocycles. The molecule has 24 heavy (non-hydrogen) atoms. The lowest BCUT2D eigenvalue weighted by molar-refractivity contribution is 0.809. The molecule has 0 fully saturated rings. The van der Waals surface area contributed by atoms with Gasteiger partial charge >= 0.3 is 0 Å². The van der Waals surface area contributed by atoms with Crippen LogP contribution in [0.5, 0.6) is 0 Å². The van der Waals surface area contributed by atoms with E-state index < -0.39 is 0 Å². The minimum absolute atomic E-state index is 0.671. The standard InChI is InChI=1S/C18H26N4S2/c1-5-15-11-20-17(24-15)12-22-18(19-6-2)21-10-14-8-7-13(3)9-16(14)23-4/h7-9,11H,5-6,10,12H2,1-4H3,(H2,19,21,22). The number of nitrogens with one attached hydrogen (secondary N) is 2. The van der Waals surface area contributed by atoms with Gasteiger partial charge in [0.15, 0.2) is 5.96 Å². The molecule has 0 atom stereocenters. The summed E-state index contributed by atoms with van der Waals surface area (Å²) in [7, 11) is 0. The third kappa shape index (κ3) is 5.53. The topological polar surface area (TPSA) is 49.3 Å². The molecule has 1 aromatic heterocycles. The van der Waals surface area contributed by atoms with E-state index in [1.165, 1.54) is 20.9 Å². The molecule has 0 aliphatic carbocycles. The van der Waals surface area contributed by atoms with Gasteiger partial charge in [-0.05, 0) is 43.7 Å². The van der Waals surface area contributed by atoms with E-state index in [9.17, 15) is 0 Å². The van der Waals surface area contributed by atoms with Crippen LogP contribution in [0, 0.1) is 6.92 Å². The van der Waals surface area contributed by atoms with Gasteiger partial charge in [0.05, 0.1) is 13.1 Å². The number of aliphatic imine (C=N–C) groups is 1. The fourth-order valence-corrected chi connectivity index (χ4v) is 3.74. The Morgan fingerprint density at radius 1 is 1.29 bits per heavy atom. The maximum atomic E-state index is 4.72. The van der Waals surface area contributed by atoms with Gasteiger partial charge in [0.2, 0.25) is 0 Å². The van der Waals surface area contributed by atoms with Crippen molar-refractivity contribution < 1.29 is 0 Å². The number of nitrogens with zero attached hydrogens (tertiary/aromatic N) is 2. The third-order valence-corrected chi connectivity index (χ3v) is 5.51. The Labute approximate surface area is 153 Å². The van der Waals surface area contributed by atoms with Crippen molar-refractivity contribution in [2.24, 2.45) is 4.99 Å². The predicted octanol–water partition coefficient (Wildman–Crippen LogP) is 3.99. The van der Waals surface area contributed by atoms with Crippen molar-refractivity contribution in [1.29, 1.82) is 0 Å². The lowest BCUT2D eigenvalue weighted by Gasteiger charge is -2.11. The fourth-order valence-electron chi connectivity index (χ4n) is 2.24. The molecular weight excluding hydrogens is 336 g/mol. The van der Waals surface area contributed by atoms with Crippen LogP contribution >= 0.6 is 23.1 Å². The first-order valence-corrected chi connectivity index (χ1v) is 10.3. The molecule has 0 amide bonds. The third-order valence-electron chi connectivity index (χ3n) is 3.55. The number of aromatic nitrogens is 1. The van der Waals surface area contributed by atoms with Crippen LogP contribution in [0.25, 0.3) is 0 Å². The minimum atomic E-state index is 0.671. The highest BCUT2D eigenvalue weighted by Crippen LogP contribution is 2.22. The number of thiazole rings is 1. The Hall–Kier alpha value is -1.53. The van der Waals surface area contributed by atoms with Crippen molar-refractivity contribution >= 4 is 29.1 Å². The molecule has 0 radical (unpaired) electrons. The number of hydrogen-bond acceptors (Lipinski definition) is 4. The van der Waals surface area contributed by atoms with Gasteiger partial charge in [0.25, 0.3) is 0 Å². The summed E-state index contributed by atoms with van der Waals surface area (Å²) in [6.07, 6.45) is 5.11. The summed E-state index contributed by atoms with van der Waals surface area (Å²) in [6, 6.07) is 6.53. The van der Waals surface area contributed by atoms with Crippen molar-refractivity contribution in [2.45, 2.75) is 45.2 Å². The van der Waals surface area contributed by atoms with Crippen LogP contribution in [-0.4, -0.2) is 23.7 Å². The molecule has 6 heteroatoms. The van der Waals surface area contributed by atoms with Crippen molar-refractivity contribution in [3.63, 3.8) is 0 Å².